The van der Waals surface area contributed by atoms with Gasteiger partial charge in [-0.3, -0.25) is 0 Å². The van der Waals surface area contributed by atoms with Crippen molar-refractivity contribution >= 4 is 0 Å². The summed E-state index contributed by atoms with van der Waals surface area (Å²) in [6.07, 6.45) is -16.0. The van der Waals surface area contributed by atoms with Crippen molar-refractivity contribution in [3.05, 3.63) is 24.3 Å². The zero-order chi connectivity index (χ0) is 37.0. The van der Waals surface area contributed by atoms with Gasteiger partial charge in [0.1, 0.15) is 72.7 Å². The number of hydrogen-bond acceptors (Lipinski definition) is 17. The average molecular weight is 719 g/mol. The van der Waals surface area contributed by atoms with E-state index in [2.05, 4.69) is 23.7 Å². The van der Waals surface area contributed by atoms with Gasteiger partial charge in [-0.25, -0.2) is 0 Å². The molecule has 0 unspecified atom stereocenters. The van der Waals surface area contributed by atoms with E-state index in [0.717, 1.165) is 0 Å². The van der Waals surface area contributed by atoms with Crippen molar-refractivity contribution in [3.8, 4) is 23.7 Å². The Balaban J connectivity index is 1.68. The highest BCUT2D eigenvalue weighted by Gasteiger charge is 2.50. The summed E-state index contributed by atoms with van der Waals surface area (Å²) in [5.74, 6) is 10.2. The molecule has 3 heterocycles. The topological polar surface area (TPSA) is 278 Å². The molecule has 17 heteroatoms. The lowest BCUT2D eigenvalue weighted by Gasteiger charge is -2.46. The Labute approximate surface area is 289 Å². The molecule has 16 atom stereocenters. The summed E-state index contributed by atoms with van der Waals surface area (Å²) in [5, 5.41) is 113. The molecule has 3 rings (SSSR count). The second-order valence-corrected chi connectivity index (χ2v) is 12.4. The molecule has 284 valence electrons. The van der Waals surface area contributed by atoms with Crippen LogP contribution in [0.5, 0.6) is 0 Å². The van der Waals surface area contributed by atoms with E-state index in [4.69, 9.17) is 33.5 Å². The van der Waals surface area contributed by atoms with Gasteiger partial charge in [0.05, 0.1) is 25.9 Å². The first-order valence-electron chi connectivity index (χ1n) is 16.3. The van der Waals surface area contributed by atoms with E-state index in [0.29, 0.717) is 12.8 Å². The molecular weight excluding hydrogens is 668 g/mol. The Morgan fingerprint density at radius 1 is 0.840 bits per heavy atom. The van der Waals surface area contributed by atoms with E-state index in [1.807, 2.05) is 0 Å². The molecule has 0 aliphatic carbocycles. The van der Waals surface area contributed by atoms with E-state index < -0.39 is 118 Å². The first-order valence-corrected chi connectivity index (χ1v) is 16.3. The summed E-state index contributed by atoms with van der Waals surface area (Å²) in [5.41, 5.74) is -1.60. The van der Waals surface area contributed by atoms with Gasteiger partial charge in [-0.2, -0.15) is 0 Å². The minimum Gasteiger partial charge on any atom is -0.396 e. The van der Waals surface area contributed by atoms with Crippen LogP contribution in [0.25, 0.3) is 0 Å². The molecule has 17 nitrogen and oxygen atoms in total. The lowest BCUT2D eigenvalue weighted by Crippen LogP contribution is -2.62. The van der Waals surface area contributed by atoms with Gasteiger partial charge in [0.25, 0.3) is 0 Å². The molecule has 0 saturated carbocycles. The monoisotopic (exact) mass is 718 g/mol. The normalized spacial score (nSPS) is 40.5. The Hall–Kier alpha value is -2.08. The summed E-state index contributed by atoms with van der Waals surface area (Å²) < 4.78 is 33.9. The van der Waals surface area contributed by atoms with Crippen LogP contribution < -0.4 is 0 Å². The van der Waals surface area contributed by atoms with Crippen LogP contribution in [-0.2, 0) is 28.4 Å². The highest BCUT2D eigenvalue weighted by molar-refractivity contribution is 5.32. The number of rotatable bonds is 14. The van der Waals surface area contributed by atoms with Crippen LogP contribution in [-0.4, -0.2) is 180 Å². The van der Waals surface area contributed by atoms with Crippen LogP contribution in [0.1, 0.15) is 33.1 Å². The highest BCUT2D eigenvalue weighted by Crippen LogP contribution is 2.33. The molecule has 0 aromatic carbocycles. The third kappa shape index (κ3) is 11.2. The van der Waals surface area contributed by atoms with Gasteiger partial charge >= 0.3 is 0 Å². The predicted octanol–water partition coefficient (Wildman–Crippen LogP) is -4.49. The minimum atomic E-state index is -1.80. The molecule has 50 heavy (non-hydrogen) atoms. The van der Waals surface area contributed by atoms with E-state index in [-0.39, 0.29) is 13.0 Å². The second-order valence-electron chi connectivity index (χ2n) is 12.4. The third-order valence-corrected chi connectivity index (χ3v) is 8.41. The number of aliphatic hydroxyl groups excluding tert-OH is 11. The second kappa shape index (κ2) is 20.2. The molecule has 3 aliphatic heterocycles. The van der Waals surface area contributed by atoms with E-state index >= 15 is 0 Å². The molecule has 3 fully saturated rings. The molecule has 0 spiro atoms. The third-order valence-electron chi connectivity index (χ3n) is 8.41. The fourth-order valence-corrected chi connectivity index (χ4v) is 5.27. The Kier molecular flexibility index (Phi) is 17.1. The van der Waals surface area contributed by atoms with Gasteiger partial charge in [-0.1, -0.05) is 30.1 Å². The van der Waals surface area contributed by atoms with Gasteiger partial charge in [0, 0.05) is 13.0 Å². The maximum Gasteiger partial charge on any atom is 0.187 e. The van der Waals surface area contributed by atoms with Crippen molar-refractivity contribution in [2.75, 3.05) is 26.4 Å². The van der Waals surface area contributed by atoms with Crippen molar-refractivity contribution in [2.45, 2.75) is 131 Å². The standard InChI is InChI=1S/C33H50O17/c1-3-4-5-6-8-11-18(36)20(12-9-7-10-13-34)47-32-29(44)27(42)25(40)22(49-32)16-45-30-19(37)14-23(38)33(2,50-30)17-46-31-28(43)26(41)24(39)21(15-35)48-31/h3-4,9,12,18-32,34-44H,7,10,13-17H2,1-2H3/b4-3+,12-9+/t18-,19+,20-,21+,22+,23-,24+,25+,26-,27-,28+,29+,30+,31+,32+,33+/m0/s1. The minimum absolute atomic E-state index is 0.0717. The van der Waals surface area contributed by atoms with Crippen molar-refractivity contribution in [1.82, 2.24) is 0 Å². The molecule has 0 aromatic heterocycles. The predicted molar refractivity (Wildman–Crippen MR) is 169 cm³/mol. The van der Waals surface area contributed by atoms with Gasteiger partial charge in [0.2, 0.25) is 0 Å². The largest absolute Gasteiger partial charge is 0.396 e. The van der Waals surface area contributed by atoms with Crippen LogP contribution in [0, 0.1) is 23.7 Å². The van der Waals surface area contributed by atoms with Crippen molar-refractivity contribution in [2.24, 2.45) is 0 Å². The first kappa shape index (κ1) is 42.3. The molecule has 0 radical (unpaired) electrons. The van der Waals surface area contributed by atoms with Crippen molar-refractivity contribution in [1.29, 1.82) is 0 Å². The maximum absolute atomic E-state index is 10.7. The van der Waals surface area contributed by atoms with Crippen LogP contribution in [0.15, 0.2) is 24.3 Å². The fraction of sp³-hybridized carbons (Fsp3) is 0.758. The molecule has 0 aromatic rings. The summed E-state index contributed by atoms with van der Waals surface area (Å²) in [7, 11) is 0. The smallest absolute Gasteiger partial charge is 0.187 e. The molecule has 3 aliphatic rings. The van der Waals surface area contributed by atoms with Crippen LogP contribution in [0.3, 0.4) is 0 Å². The molecule has 0 amide bonds. The Bertz CT molecular complexity index is 1210. The van der Waals surface area contributed by atoms with Crippen LogP contribution in [0.4, 0.5) is 0 Å². The molecule has 3 saturated heterocycles. The molecule has 0 bridgehead atoms. The van der Waals surface area contributed by atoms with Gasteiger partial charge in [-0.15, -0.1) is 0 Å². The summed E-state index contributed by atoms with van der Waals surface area (Å²) in [6.45, 7) is 1.42. The van der Waals surface area contributed by atoms with Crippen molar-refractivity contribution in [3.63, 3.8) is 0 Å². The number of ether oxygens (including phenoxy) is 6. The number of unbranched alkanes of at least 4 members (excludes halogenated alkanes) is 1. The van der Waals surface area contributed by atoms with Crippen molar-refractivity contribution < 1.29 is 84.6 Å². The average Bonchev–Trinajstić information content (AvgIpc) is 3.09. The highest BCUT2D eigenvalue weighted by atomic mass is 16.7. The first-order chi connectivity index (χ1) is 23.8. The number of allylic oxidation sites excluding steroid dienone is 3. The van der Waals surface area contributed by atoms with Crippen LogP contribution in [0.2, 0.25) is 0 Å². The lowest BCUT2D eigenvalue weighted by molar-refractivity contribution is -0.351. The quantitative estimate of drug-likeness (QED) is 0.0459. The number of hydrogen-bond donors (Lipinski definition) is 11. The van der Waals surface area contributed by atoms with Gasteiger partial charge in [-0.05, 0) is 44.6 Å². The molecular formula is C33H50O17. The summed E-state index contributed by atoms with van der Waals surface area (Å²) in [4.78, 5) is 0. The van der Waals surface area contributed by atoms with Gasteiger partial charge < -0.3 is 84.6 Å². The van der Waals surface area contributed by atoms with Gasteiger partial charge in [0.15, 0.2) is 18.9 Å². The zero-order valence-corrected chi connectivity index (χ0v) is 27.8. The molecule has 11 N–H and O–H groups in total. The summed E-state index contributed by atoms with van der Waals surface area (Å²) >= 11 is 0. The van der Waals surface area contributed by atoms with E-state index in [9.17, 15) is 51.1 Å². The maximum atomic E-state index is 10.7. The Morgan fingerprint density at radius 3 is 2.16 bits per heavy atom. The zero-order valence-electron chi connectivity index (χ0n) is 27.8. The van der Waals surface area contributed by atoms with E-state index in [1.165, 1.54) is 13.0 Å². The SMILES string of the molecule is C/C=C/C#CC#C[C@H](O)[C@H](/C=C/CCCO)O[C@@H]1O[C@H](CO[C@@H]2O[C@](C)(CO[C@@H]3O[C@H](CO)[C@@H](O)[C@H](O)[C@H]3O)[C@@H](O)C[C@H]2O)[C@@H](O)[C@H](O)[C@H]1O. The summed E-state index contributed by atoms with van der Waals surface area (Å²) in [6, 6.07) is 0. The number of aliphatic hydroxyl groups is 11. The Morgan fingerprint density at radius 2 is 1.50 bits per heavy atom. The van der Waals surface area contributed by atoms with Crippen LogP contribution >= 0.6 is 0 Å². The fourth-order valence-electron chi connectivity index (χ4n) is 5.27. The van der Waals surface area contributed by atoms with E-state index in [1.54, 1.807) is 25.2 Å². The lowest BCUT2D eigenvalue weighted by atomic mass is 9.91.